The van der Waals surface area contributed by atoms with E-state index in [1.807, 2.05) is 13.1 Å². The minimum atomic E-state index is 0.213. The Morgan fingerprint density at radius 3 is 2.89 bits per heavy atom. The third kappa shape index (κ3) is 2.46. The van der Waals surface area contributed by atoms with Gasteiger partial charge in [-0.05, 0) is 18.9 Å². The predicted octanol–water partition coefficient (Wildman–Crippen LogP) is 3.86. The first-order valence-electron chi connectivity index (χ1n) is 6.29. The van der Waals surface area contributed by atoms with Crippen molar-refractivity contribution in [3.8, 4) is 0 Å². The minimum Gasteiger partial charge on any atom is -0.331 e. The summed E-state index contributed by atoms with van der Waals surface area (Å²) in [5.41, 5.74) is 2.24. The van der Waals surface area contributed by atoms with Crippen molar-refractivity contribution in [3.63, 3.8) is 0 Å². The molecule has 0 bridgehead atoms. The number of nitrogens with one attached hydrogen (secondary N) is 1. The second-order valence-electron chi connectivity index (χ2n) is 4.66. The summed E-state index contributed by atoms with van der Waals surface area (Å²) in [4.78, 5) is 0.213. The molecule has 2 heterocycles. The van der Waals surface area contributed by atoms with Crippen LogP contribution in [-0.4, -0.2) is 22.0 Å². The second-order valence-corrected chi connectivity index (χ2v) is 5.94. The highest BCUT2D eigenvalue weighted by Crippen LogP contribution is 2.38. The summed E-state index contributed by atoms with van der Waals surface area (Å²) in [6.07, 6.45) is 6.61. The maximum Gasteiger partial charge on any atom is 0.128 e. The van der Waals surface area contributed by atoms with Gasteiger partial charge in [-0.25, -0.2) is 5.01 Å². The fraction of sp³-hybridized carbons (Fsp3) is 0.538. The number of alkyl halides is 1. The zero-order valence-electron chi connectivity index (χ0n) is 10.8. The van der Waals surface area contributed by atoms with Crippen LogP contribution in [0.25, 0.3) is 0 Å². The van der Waals surface area contributed by atoms with Crippen molar-refractivity contribution >= 4 is 27.5 Å². The molecule has 0 aromatic rings. The number of hydrogen-bond donors (Lipinski definition) is 1. The largest absolute Gasteiger partial charge is 0.331 e. The molecular weight excluding hydrogens is 314 g/mol. The Balaban J connectivity index is 2.24. The van der Waals surface area contributed by atoms with Crippen molar-refractivity contribution < 1.29 is 0 Å². The van der Waals surface area contributed by atoms with Crippen LogP contribution in [0.2, 0.25) is 0 Å². The lowest BCUT2D eigenvalue weighted by atomic mass is 10.1. The molecule has 0 amide bonds. The Hall–Kier alpha value is -0.450. The summed E-state index contributed by atoms with van der Waals surface area (Å²) in [6.45, 7) is 6.27. The van der Waals surface area contributed by atoms with Gasteiger partial charge in [0.1, 0.15) is 15.9 Å². The minimum absolute atomic E-state index is 0.213. The zero-order valence-corrected chi connectivity index (χ0v) is 13.2. The topological polar surface area (TPSA) is 18.5 Å². The lowest BCUT2D eigenvalue weighted by Crippen LogP contribution is -2.40. The van der Waals surface area contributed by atoms with E-state index in [1.54, 1.807) is 0 Å². The Morgan fingerprint density at radius 1 is 1.50 bits per heavy atom. The highest BCUT2D eigenvalue weighted by atomic mass is 79.9. The van der Waals surface area contributed by atoms with E-state index in [4.69, 9.17) is 11.6 Å². The molecule has 2 aliphatic rings. The van der Waals surface area contributed by atoms with Gasteiger partial charge in [-0.1, -0.05) is 53.9 Å². The number of hydrogen-bond acceptors (Lipinski definition) is 3. The second kappa shape index (κ2) is 5.68. The average molecular weight is 333 g/mol. The van der Waals surface area contributed by atoms with Gasteiger partial charge in [0.05, 0.1) is 5.70 Å². The summed E-state index contributed by atoms with van der Waals surface area (Å²) in [7, 11) is 2.05. The molecule has 0 fully saturated rings. The fourth-order valence-corrected chi connectivity index (χ4v) is 3.22. The Labute approximate surface area is 122 Å². The third-order valence-electron chi connectivity index (χ3n) is 3.30. The van der Waals surface area contributed by atoms with Crippen molar-refractivity contribution in [1.29, 1.82) is 0 Å². The maximum absolute atomic E-state index is 6.09. The summed E-state index contributed by atoms with van der Waals surface area (Å²) in [5.74, 6) is 1.06. The van der Waals surface area contributed by atoms with E-state index < -0.39 is 0 Å². The number of allylic oxidation sites excluding steroid dienone is 1. The molecule has 0 radical (unpaired) electrons. The molecule has 0 saturated heterocycles. The Kier molecular flexibility index (Phi) is 4.41. The van der Waals surface area contributed by atoms with Gasteiger partial charge in [-0.15, -0.1) is 0 Å². The predicted molar refractivity (Wildman–Crippen MR) is 79.7 cm³/mol. The van der Waals surface area contributed by atoms with Crippen LogP contribution in [-0.2, 0) is 0 Å². The van der Waals surface area contributed by atoms with E-state index in [1.165, 1.54) is 24.8 Å². The molecule has 2 aliphatic heterocycles. The van der Waals surface area contributed by atoms with Crippen LogP contribution in [0.4, 0.5) is 0 Å². The normalized spacial score (nSPS) is 24.2. The molecule has 5 heteroatoms. The summed E-state index contributed by atoms with van der Waals surface area (Å²) >= 11 is 9.83. The van der Waals surface area contributed by atoms with E-state index >= 15 is 0 Å². The first-order chi connectivity index (χ1) is 8.56. The first-order valence-corrected chi connectivity index (χ1v) is 7.58. The van der Waals surface area contributed by atoms with Gasteiger partial charge < -0.3 is 5.32 Å². The van der Waals surface area contributed by atoms with Gasteiger partial charge >= 0.3 is 0 Å². The van der Waals surface area contributed by atoms with Gasteiger partial charge in [-0.3, -0.25) is 5.01 Å². The summed E-state index contributed by atoms with van der Waals surface area (Å²) < 4.78 is 0. The van der Waals surface area contributed by atoms with Gasteiger partial charge in [0, 0.05) is 12.6 Å². The third-order valence-corrected chi connectivity index (χ3v) is 4.65. The van der Waals surface area contributed by atoms with Gasteiger partial charge in [0.15, 0.2) is 0 Å². The van der Waals surface area contributed by atoms with Crippen LogP contribution in [0.5, 0.6) is 0 Å². The van der Waals surface area contributed by atoms with Gasteiger partial charge in [0.25, 0.3) is 0 Å². The molecule has 0 aromatic carbocycles. The molecule has 1 atom stereocenters. The van der Waals surface area contributed by atoms with E-state index in [2.05, 4.69) is 44.8 Å². The maximum atomic E-state index is 6.09. The van der Waals surface area contributed by atoms with E-state index in [9.17, 15) is 0 Å². The molecule has 0 aliphatic carbocycles. The molecule has 18 heavy (non-hydrogen) atoms. The fourth-order valence-electron chi connectivity index (χ4n) is 2.37. The first kappa shape index (κ1) is 14.0. The summed E-state index contributed by atoms with van der Waals surface area (Å²) in [5, 5.41) is 8.09. The van der Waals surface area contributed by atoms with E-state index in [0.29, 0.717) is 5.16 Å². The molecule has 1 unspecified atom stereocenters. The van der Waals surface area contributed by atoms with E-state index in [-0.39, 0.29) is 4.95 Å². The van der Waals surface area contributed by atoms with Crippen molar-refractivity contribution in [1.82, 2.24) is 15.3 Å². The molecule has 0 spiro atoms. The lowest BCUT2D eigenvalue weighted by Gasteiger charge is -2.33. The molecule has 0 aromatic heterocycles. The van der Waals surface area contributed by atoms with Crippen LogP contribution in [0.3, 0.4) is 0 Å². The van der Waals surface area contributed by atoms with Crippen LogP contribution in [0.1, 0.15) is 32.6 Å². The number of unbranched alkanes of at least 4 members (excludes halogenated alkanes) is 2. The monoisotopic (exact) mass is 331 g/mol. The number of nitrogens with zero attached hydrogens (tertiary/aromatic N) is 2. The zero-order chi connectivity index (χ0) is 13.3. The smallest absolute Gasteiger partial charge is 0.128 e. The number of rotatable bonds is 4. The number of halogens is 2. The van der Waals surface area contributed by atoms with Crippen LogP contribution < -0.4 is 5.32 Å². The van der Waals surface area contributed by atoms with Crippen LogP contribution >= 0.6 is 27.5 Å². The SMILES string of the molecule is C=C1C=C(Cl)NC2=C(CCCCC)C(Br)N(C)N12. The highest BCUT2D eigenvalue weighted by Gasteiger charge is 2.37. The van der Waals surface area contributed by atoms with Crippen LogP contribution in [0, 0.1) is 0 Å². The lowest BCUT2D eigenvalue weighted by molar-refractivity contribution is 0.0980. The molecular formula is C13H19BrClN3. The molecule has 100 valence electrons. The van der Waals surface area contributed by atoms with Gasteiger partial charge in [-0.2, -0.15) is 0 Å². The molecule has 3 nitrogen and oxygen atoms in total. The summed E-state index contributed by atoms with van der Waals surface area (Å²) in [6, 6.07) is 0. The van der Waals surface area contributed by atoms with Crippen LogP contribution in [0.15, 0.2) is 34.9 Å². The standard InChI is InChI=1S/C13H19BrClN3/c1-4-5-6-7-10-12(14)17(3)18-9(2)8-11(15)16-13(10)18/h8,12,16H,2,4-7H2,1,3H3. The highest BCUT2D eigenvalue weighted by molar-refractivity contribution is 9.09. The Bertz CT molecular complexity index is 416. The Morgan fingerprint density at radius 2 is 2.22 bits per heavy atom. The molecule has 1 N–H and O–H groups in total. The average Bonchev–Trinajstić information content (AvgIpc) is 2.54. The molecule has 0 saturated carbocycles. The van der Waals surface area contributed by atoms with Gasteiger partial charge in [0.2, 0.25) is 0 Å². The number of hydrazine groups is 1. The van der Waals surface area contributed by atoms with Crippen molar-refractivity contribution in [3.05, 3.63) is 34.9 Å². The number of fused-ring (bicyclic) bond motifs is 1. The quantitative estimate of drug-likeness (QED) is 0.479. The molecule has 2 rings (SSSR count). The van der Waals surface area contributed by atoms with Crippen molar-refractivity contribution in [2.24, 2.45) is 0 Å². The number of likely N-dealkylation sites (N-methyl/N-ethyl adjacent to an activating group) is 1. The van der Waals surface area contributed by atoms with Crippen molar-refractivity contribution in [2.45, 2.75) is 37.6 Å². The van der Waals surface area contributed by atoms with E-state index in [0.717, 1.165) is 17.9 Å². The van der Waals surface area contributed by atoms with Crippen molar-refractivity contribution in [2.75, 3.05) is 7.05 Å².